The topological polar surface area (TPSA) is 227 Å². The summed E-state index contributed by atoms with van der Waals surface area (Å²) in [5.41, 5.74) is 6.36. The Morgan fingerprint density at radius 2 is 1.86 bits per heavy atom. The molecule has 28 heavy (non-hydrogen) atoms. The van der Waals surface area contributed by atoms with Gasteiger partial charge in [0.05, 0.1) is 12.7 Å². The number of hydrogen-bond donors (Lipinski definition) is 6. The Hall–Kier alpha value is -0.660. The van der Waals surface area contributed by atoms with Crippen molar-refractivity contribution in [2.24, 2.45) is 5.73 Å². The molecule has 0 saturated carbocycles. The van der Waals surface area contributed by atoms with Crippen LogP contribution in [-0.2, 0) is 31.6 Å². The van der Waals surface area contributed by atoms with E-state index in [1.165, 1.54) is 11.1 Å². The highest BCUT2D eigenvalue weighted by Gasteiger charge is 2.42. The van der Waals surface area contributed by atoms with E-state index >= 15 is 0 Å². The van der Waals surface area contributed by atoms with Crippen LogP contribution in [-0.4, -0.2) is 55.6 Å². The molecule has 0 radical (unpaired) electrons. The van der Waals surface area contributed by atoms with Crippen molar-refractivity contribution >= 4 is 29.5 Å². The molecular formula is C10H20N3O12P3. The summed E-state index contributed by atoms with van der Waals surface area (Å²) in [5, 5.41) is 2.52. The molecule has 162 valence electrons. The van der Waals surface area contributed by atoms with E-state index in [1.54, 1.807) is 6.92 Å². The molecule has 0 aromatic carbocycles. The highest BCUT2D eigenvalue weighted by molar-refractivity contribution is 7.66. The van der Waals surface area contributed by atoms with Crippen LogP contribution in [0.15, 0.2) is 11.8 Å². The predicted molar refractivity (Wildman–Crippen MR) is 89.8 cm³/mol. The molecule has 2 heterocycles. The van der Waals surface area contributed by atoms with Crippen LogP contribution >= 0.6 is 23.5 Å². The standard InChI is InChI=1S/C10H20N3O12P3/c1-6-4-13(10(14)12-9(6)11)8-3-2-7(23-8)5-22-27(18,19)25-28(20,21)24-26(15,16)17/h4,7-9H,2-3,5,11H2,1H3,(H,12,14)(H,18,19)(H,20,21)(H2,15,16,17)/t7-,8+,9?/m0/s1. The number of ether oxygens (including phenoxy) is 1. The smallest absolute Gasteiger partial charge is 0.352 e. The second kappa shape index (κ2) is 8.60. The largest absolute Gasteiger partial charge is 0.490 e. The van der Waals surface area contributed by atoms with Gasteiger partial charge in [-0.3, -0.25) is 9.42 Å². The quantitative estimate of drug-likeness (QED) is 0.260. The number of hydrogen-bond acceptors (Lipinski definition) is 9. The molecule has 5 atom stereocenters. The number of rotatable bonds is 8. The van der Waals surface area contributed by atoms with Gasteiger partial charge in [0.25, 0.3) is 0 Å². The Morgan fingerprint density at radius 1 is 1.21 bits per heavy atom. The van der Waals surface area contributed by atoms with Crippen molar-refractivity contribution in [3.05, 3.63) is 11.8 Å². The van der Waals surface area contributed by atoms with Gasteiger partial charge in [0, 0.05) is 6.20 Å². The molecule has 0 aromatic rings. The summed E-state index contributed by atoms with van der Waals surface area (Å²) in [6.07, 6.45) is 0.0917. The molecule has 2 amide bonds. The van der Waals surface area contributed by atoms with Crippen molar-refractivity contribution in [2.45, 2.75) is 38.3 Å². The third kappa shape index (κ3) is 6.99. The fourth-order valence-electron chi connectivity index (χ4n) is 2.39. The van der Waals surface area contributed by atoms with E-state index in [2.05, 4.69) is 18.5 Å². The number of nitrogens with one attached hydrogen (secondary N) is 1. The average Bonchev–Trinajstić information content (AvgIpc) is 2.94. The second-order valence-electron chi connectivity index (χ2n) is 5.88. The summed E-state index contributed by atoms with van der Waals surface area (Å²) in [7, 11) is -16.3. The van der Waals surface area contributed by atoms with Gasteiger partial charge in [-0.25, -0.2) is 18.5 Å². The zero-order valence-corrected chi connectivity index (χ0v) is 17.0. The average molecular weight is 467 g/mol. The molecule has 0 spiro atoms. The summed E-state index contributed by atoms with van der Waals surface area (Å²) in [6.45, 7) is 1.14. The third-order valence-corrected chi connectivity index (χ3v) is 7.38. The minimum atomic E-state index is -5.57. The van der Waals surface area contributed by atoms with Gasteiger partial charge in [0.15, 0.2) is 0 Å². The Morgan fingerprint density at radius 3 is 2.46 bits per heavy atom. The molecular weight excluding hydrogens is 447 g/mol. The molecule has 2 aliphatic rings. The lowest BCUT2D eigenvalue weighted by Gasteiger charge is -2.32. The Bertz CT molecular complexity index is 783. The Balaban J connectivity index is 1.89. The van der Waals surface area contributed by atoms with Crippen molar-refractivity contribution < 1.29 is 55.9 Å². The number of phosphoric acid groups is 3. The van der Waals surface area contributed by atoms with Crippen LogP contribution in [0.25, 0.3) is 0 Å². The highest BCUT2D eigenvalue weighted by Crippen LogP contribution is 2.66. The zero-order valence-electron chi connectivity index (χ0n) is 14.4. The molecule has 1 saturated heterocycles. The van der Waals surface area contributed by atoms with Gasteiger partial charge in [-0.15, -0.1) is 0 Å². The minimum absolute atomic E-state index is 0.309. The maximum atomic E-state index is 12.0. The zero-order chi connectivity index (χ0) is 21.3. The summed E-state index contributed by atoms with van der Waals surface area (Å²) < 4.78 is 50.7. The van der Waals surface area contributed by atoms with Gasteiger partial charge in [-0.2, -0.15) is 8.62 Å². The normalized spacial score (nSPS) is 30.4. The molecule has 0 bridgehead atoms. The highest BCUT2D eigenvalue weighted by atomic mass is 31.3. The van der Waals surface area contributed by atoms with Gasteiger partial charge in [0.1, 0.15) is 12.4 Å². The number of carbonyl (C=O) groups is 1. The first-order chi connectivity index (χ1) is 12.7. The van der Waals surface area contributed by atoms with Crippen LogP contribution in [0, 0.1) is 0 Å². The number of carbonyl (C=O) groups excluding carboxylic acids is 1. The predicted octanol–water partition coefficient (Wildman–Crippen LogP) is 0.0486. The van der Waals surface area contributed by atoms with Crippen LogP contribution in [0.1, 0.15) is 19.8 Å². The van der Waals surface area contributed by atoms with Gasteiger partial charge in [-0.05, 0) is 25.3 Å². The summed E-state index contributed by atoms with van der Waals surface area (Å²) >= 11 is 0. The van der Waals surface area contributed by atoms with Crippen LogP contribution in [0.3, 0.4) is 0 Å². The third-order valence-electron chi connectivity index (χ3n) is 3.58. The number of nitrogens with two attached hydrogens (primary N) is 1. The van der Waals surface area contributed by atoms with Gasteiger partial charge >= 0.3 is 29.5 Å². The second-order valence-corrected chi connectivity index (χ2v) is 10.3. The lowest BCUT2D eigenvalue weighted by molar-refractivity contribution is -0.0372. The van der Waals surface area contributed by atoms with Crippen LogP contribution in [0.2, 0.25) is 0 Å². The van der Waals surface area contributed by atoms with E-state index in [9.17, 15) is 23.4 Å². The Labute approximate surface area is 158 Å². The first kappa shape index (κ1) is 23.6. The maximum absolute atomic E-state index is 12.0. The molecule has 18 heteroatoms. The Kier molecular flexibility index (Phi) is 7.26. The van der Waals surface area contributed by atoms with Crippen LogP contribution in [0.4, 0.5) is 4.79 Å². The summed E-state index contributed by atoms with van der Waals surface area (Å²) in [5.74, 6) is 0. The van der Waals surface area contributed by atoms with E-state index in [-0.39, 0.29) is 0 Å². The summed E-state index contributed by atoms with van der Waals surface area (Å²) in [4.78, 5) is 48.6. The molecule has 7 N–H and O–H groups in total. The maximum Gasteiger partial charge on any atom is 0.490 e. The van der Waals surface area contributed by atoms with Gasteiger partial charge in [-0.1, -0.05) is 0 Å². The first-order valence-electron chi connectivity index (χ1n) is 7.64. The van der Waals surface area contributed by atoms with Gasteiger partial charge < -0.3 is 35.4 Å². The van der Waals surface area contributed by atoms with Crippen LogP contribution < -0.4 is 11.1 Å². The van der Waals surface area contributed by atoms with Crippen molar-refractivity contribution in [2.75, 3.05) is 6.61 Å². The fraction of sp³-hybridized carbons (Fsp3) is 0.700. The molecule has 1 fully saturated rings. The number of amides is 2. The van der Waals surface area contributed by atoms with E-state index in [4.69, 9.17) is 25.2 Å². The van der Waals surface area contributed by atoms with Crippen molar-refractivity contribution in [1.82, 2.24) is 10.2 Å². The molecule has 2 rings (SSSR count). The molecule has 0 aliphatic carbocycles. The lowest BCUT2D eigenvalue weighted by atomic mass is 10.2. The lowest BCUT2D eigenvalue weighted by Crippen LogP contribution is -2.54. The number of urea groups is 1. The van der Waals surface area contributed by atoms with E-state index in [1.807, 2.05) is 0 Å². The first-order valence-corrected chi connectivity index (χ1v) is 12.2. The van der Waals surface area contributed by atoms with E-state index < -0.39 is 54.6 Å². The number of phosphoric ester groups is 1. The molecule has 2 aliphatic heterocycles. The molecule has 3 unspecified atom stereocenters. The minimum Gasteiger partial charge on any atom is -0.352 e. The monoisotopic (exact) mass is 467 g/mol. The number of nitrogens with zero attached hydrogens (tertiary/aromatic N) is 1. The molecule has 15 nitrogen and oxygen atoms in total. The van der Waals surface area contributed by atoms with Crippen molar-refractivity contribution in [3.8, 4) is 0 Å². The van der Waals surface area contributed by atoms with Crippen molar-refractivity contribution in [1.29, 1.82) is 0 Å². The van der Waals surface area contributed by atoms with E-state index in [0.717, 1.165) is 0 Å². The fourth-order valence-corrected chi connectivity index (χ4v) is 5.44. The summed E-state index contributed by atoms with van der Waals surface area (Å²) in [6, 6.07) is -0.489. The SMILES string of the molecule is CC1=CN([C@H]2CC[C@@H](COP(=O)(O)OP(=O)(O)OP(=O)(O)O)O2)C(=O)NC1N. The van der Waals surface area contributed by atoms with Crippen LogP contribution in [0.5, 0.6) is 0 Å². The van der Waals surface area contributed by atoms with Crippen molar-refractivity contribution in [3.63, 3.8) is 0 Å². The molecule has 0 aromatic heterocycles. The van der Waals surface area contributed by atoms with E-state index in [0.29, 0.717) is 18.4 Å². The van der Waals surface area contributed by atoms with Gasteiger partial charge in [0.2, 0.25) is 0 Å².